The van der Waals surface area contributed by atoms with E-state index in [2.05, 4.69) is 4.72 Å². The van der Waals surface area contributed by atoms with Gasteiger partial charge < -0.3 is 14.4 Å². The van der Waals surface area contributed by atoms with Gasteiger partial charge in [0.05, 0.1) is 27.9 Å². The number of nitrogens with one attached hydrogen (secondary N) is 1. The van der Waals surface area contributed by atoms with E-state index in [4.69, 9.17) is 9.47 Å². The van der Waals surface area contributed by atoms with Gasteiger partial charge in [-0.2, -0.15) is 0 Å². The maximum atomic E-state index is 12.2. The van der Waals surface area contributed by atoms with Gasteiger partial charge in [0, 0.05) is 19.1 Å². The molecular weight excluding hydrogens is 328 g/mol. The van der Waals surface area contributed by atoms with Crippen molar-refractivity contribution in [1.82, 2.24) is 9.62 Å². The van der Waals surface area contributed by atoms with Crippen molar-refractivity contribution in [1.29, 1.82) is 0 Å². The Balaban J connectivity index is 1.84. The van der Waals surface area contributed by atoms with Crippen molar-refractivity contribution in [2.45, 2.75) is 82.8 Å². The molecular formula is C17H32N2O4S. The Hall–Kier alpha value is -0.660. The molecule has 7 heteroatoms. The molecule has 0 aromatic carbocycles. The Morgan fingerprint density at radius 1 is 1.21 bits per heavy atom. The second kappa shape index (κ2) is 6.92. The predicted octanol–water partition coefficient (Wildman–Crippen LogP) is 2.60. The molecule has 2 atom stereocenters. The van der Waals surface area contributed by atoms with E-state index in [1.807, 2.05) is 41.5 Å². The highest BCUT2D eigenvalue weighted by atomic mass is 32.2. The summed E-state index contributed by atoms with van der Waals surface area (Å²) >= 11 is 0. The second-order valence-electron chi connectivity index (χ2n) is 8.86. The molecule has 1 amide bonds. The van der Waals surface area contributed by atoms with Gasteiger partial charge in [0.2, 0.25) is 0 Å². The molecule has 2 rings (SSSR count). The molecule has 0 bridgehead atoms. The van der Waals surface area contributed by atoms with Crippen molar-refractivity contribution in [3.63, 3.8) is 0 Å². The lowest BCUT2D eigenvalue weighted by Crippen LogP contribution is -2.48. The van der Waals surface area contributed by atoms with Gasteiger partial charge in [0.15, 0.2) is 0 Å². The first-order chi connectivity index (χ1) is 10.9. The summed E-state index contributed by atoms with van der Waals surface area (Å²) in [6.07, 6.45) is 2.19. The first-order valence-corrected chi connectivity index (χ1v) is 9.85. The number of hydrogen-bond donors (Lipinski definition) is 1. The zero-order chi connectivity index (χ0) is 18.2. The molecule has 140 valence electrons. The fraction of sp³-hybridized carbons (Fsp3) is 0.941. The molecule has 0 aromatic heterocycles. The lowest BCUT2D eigenvalue weighted by atomic mass is 9.88. The standard InChI is InChI=1S/C17H32N2O4S/c1-15(2,3)23-14(20)19-9-7-17(8-10-19)11-13(12-22-17)18-24(21)16(4,5)6/h13,18H,7-12H2,1-6H3/t13-,24?/m1/s1. The molecule has 1 N–H and O–H groups in total. The molecule has 2 heterocycles. The number of carbonyl (C=O) groups excluding carboxylic acids is 1. The summed E-state index contributed by atoms with van der Waals surface area (Å²) < 4.78 is 26.7. The summed E-state index contributed by atoms with van der Waals surface area (Å²) in [4.78, 5) is 13.9. The van der Waals surface area contributed by atoms with E-state index >= 15 is 0 Å². The molecule has 1 unspecified atom stereocenters. The van der Waals surface area contributed by atoms with Crippen LogP contribution in [-0.4, -0.2) is 56.9 Å². The highest BCUT2D eigenvalue weighted by molar-refractivity contribution is 7.84. The molecule has 2 aliphatic rings. The summed E-state index contributed by atoms with van der Waals surface area (Å²) in [5.74, 6) is 0. The van der Waals surface area contributed by atoms with Gasteiger partial charge in [-0.1, -0.05) is 0 Å². The van der Waals surface area contributed by atoms with E-state index in [1.54, 1.807) is 4.90 Å². The topological polar surface area (TPSA) is 67.9 Å². The van der Waals surface area contributed by atoms with E-state index in [0.717, 1.165) is 19.3 Å². The summed E-state index contributed by atoms with van der Waals surface area (Å²) in [5.41, 5.74) is -0.666. The van der Waals surface area contributed by atoms with Gasteiger partial charge in [-0.3, -0.25) is 0 Å². The summed E-state index contributed by atoms with van der Waals surface area (Å²) in [5, 5.41) is 0. The summed E-state index contributed by atoms with van der Waals surface area (Å²) in [7, 11) is -1.09. The highest BCUT2D eigenvalue weighted by Crippen LogP contribution is 2.36. The van der Waals surface area contributed by atoms with Crippen LogP contribution in [0.5, 0.6) is 0 Å². The zero-order valence-corrected chi connectivity index (χ0v) is 16.6. The normalized spacial score (nSPS) is 25.8. The van der Waals surface area contributed by atoms with Crippen molar-refractivity contribution in [3.8, 4) is 0 Å². The van der Waals surface area contributed by atoms with E-state index in [9.17, 15) is 9.00 Å². The maximum Gasteiger partial charge on any atom is 0.410 e. The van der Waals surface area contributed by atoms with Crippen LogP contribution in [0.1, 0.15) is 60.8 Å². The third-order valence-corrected chi connectivity index (χ3v) is 6.03. The average molecular weight is 361 g/mol. The minimum absolute atomic E-state index is 0.109. The van der Waals surface area contributed by atoms with Crippen molar-refractivity contribution in [2.24, 2.45) is 0 Å². The van der Waals surface area contributed by atoms with Gasteiger partial charge in [-0.05, 0) is 60.8 Å². The highest BCUT2D eigenvalue weighted by Gasteiger charge is 2.44. The smallest absolute Gasteiger partial charge is 0.410 e. The Bertz CT molecular complexity index is 488. The quantitative estimate of drug-likeness (QED) is 0.822. The number of hydrogen-bond acceptors (Lipinski definition) is 4. The molecule has 0 radical (unpaired) electrons. The fourth-order valence-corrected chi connectivity index (χ4v) is 3.83. The van der Waals surface area contributed by atoms with Crippen molar-refractivity contribution in [2.75, 3.05) is 19.7 Å². The van der Waals surface area contributed by atoms with E-state index in [-0.39, 0.29) is 22.5 Å². The van der Waals surface area contributed by atoms with E-state index in [0.29, 0.717) is 19.7 Å². The van der Waals surface area contributed by atoms with Gasteiger partial charge in [-0.15, -0.1) is 0 Å². The number of ether oxygens (including phenoxy) is 2. The maximum absolute atomic E-state index is 12.2. The number of nitrogens with zero attached hydrogens (tertiary/aromatic N) is 1. The summed E-state index contributed by atoms with van der Waals surface area (Å²) in [6, 6.07) is 0.109. The van der Waals surface area contributed by atoms with Crippen molar-refractivity contribution >= 4 is 17.1 Å². The summed E-state index contributed by atoms with van der Waals surface area (Å²) in [6.45, 7) is 13.4. The minimum Gasteiger partial charge on any atom is -0.444 e. The number of likely N-dealkylation sites (tertiary alicyclic amines) is 1. The van der Waals surface area contributed by atoms with Gasteiger partial charge in [-0.25, -0.2) is 13.7 Å². The van der Waals surface area contributed by atoms with Gasteiger partial charge in [0.1, 0.15) is 5.60 Å². The lowest BCUT2D eigenvalue weighted by molar-refractivity contribution is -0.0485. The average Bonchev–Trinajstić information content (AvgIpc) is 2.79. The van der Waals surface area contributed by atoms with E-state index < -0.39 is 16.6 Å². The Labute approximate surface area is 148 Å². The Morgan fingerprint density at radius 3 is 2.29 bits per heavy atom. The Morgan fingerprint density at radius 2 is 1.79 bits per heavy atom. The van der Waals surface area contributed by atoms with Gasteiger partial charge in [0.25, 0.3) is 0 Å². The monoisotopic (exact) mass is 360 g/mol. The van der Waals surface area contributed by atoms with Crippen molar-refractivity contribution in [3.05, 3.63) is 0 Å². The fourth-order valence-electron chi connectivity index (χ4n) is 3.02. The van der Waals surface area contributed by atoms with Gasteiger partial charge >= 0.3 is 6.09 Å². The molecule has 0 aromatic rings. The molecule has 2 saturated heterocycles. The van der Waals surface area contributed by atoms with Crippen LogP contribution in [0.15, 0.2) is 0 Å². The molecule has 2 fully saturated rings. The van der Waals surface area contributed by atoms with Crippen LogP contribution < -0.4 is 4.72 Å². The molecule has 24 heavy (non-hydrogen) atoms. The van der Waals surface area contributed by atoms with Crippen LogP contribution >= 0.6 is 0 Å². The molecule has 0 aliphatic carbocycles. The first-order valence-electron chi connectivity index (χ1n) is 8.70. The lowest BCUT2D eigenvalue weighted by Gasteiger charge is -2.39. The van der Waals surface area contributed by atoms with E-state index in [1.165, 1.54) is 0 Å². The second-order valence-corrected chi connectivity index (χ2v) is 10.9. The van der Waals surface area contributed by atoms with Crippen LogP contribution in [0.3, 0.4) is 0 Å². The zero-order valence-electron chi connectivity index (χ0n) is 15.8. The largest absolute Gasteiger partial charge is 0.444 e. The predicted molar refractivity (Wildman–Crippen MR) is 95.2 cm³/mol. The third-order valence-electron chi connectivity index (χ3n) is 4.37. The molecule has 1 spiro atoms. The van der Waals surface area contributed by atoms with Crippen molar-refractivity contribution < 1.29 is 18.5 Å². The van der Waals surface area contributed by atoms with Crippen LogP contribution in [-0.2, 0) is 20.5 Å². The third kappa shape index (κ3) is 5.17. The number of piperidine rings is 1. The van der Waals surface area contributed by atoms with Crippen LogP contribution in [0.4, 0.5) is 4.79 Å². The molecule has 0 saturated carbocycles. The van der Waals surface area contributed by atoms with Crippen LogP contribution in [0.25, 0.3) is 0 Å². The molecule has 6 nitrogen and oxygen atoms in total. The van der Waals surface area contributed by atoms with Crippen LogP contribution in [0, 0.1) is 0 Å². The first kappa shape index (κ1) is 19.7. The SMILES string of the molecule is CC(C)(C)OC(=O)N1CCC2(CC1)C[C@@H](NS(=O)C(C)(C)C)CO2. The molecule has 2 aliphatic heterocycles. The number of carbonyl (C=O) groups is 1. The van der Waals surface area contributed by atoms with Crippen LogP contribution in [0.2, 0.25) is 0 Å². The Kier molecular flexibility index (Phi) is 5.67. The minimum atomic E-state index is -1.09. The number of amides is 1. The number of rotatable bonds is 2.